The maximum atomic E-state index is 10.8. The molecule has 0 aliphatic heterocycles. The molecule has 1 nitrogen and oxygen atoms in total. The van der Waals surface area contributed by atoms with Crippen molar-refractivity contribution in [3.05, 3.63) is 36.5 Å². The van der Waals surface area contributed by atoms with Crippen LogP contribution < -0.4 is 0 Å². The average molecular weight is 258 g/mol. The third kappa shape index (κ3) is 1.78. The van der Waals surface area contributed by atoms with E-state index in [4.69, 9.17) is 0 Å². The molecule has 0 unspecified atom stereocenters. The number of fused-ring (bicyclic) bond motifs is 1. The van der Waals surface area contributed by atoms with Crippen LogP contribution in [0, 0.1) is 29.1 Å². The smallest absolute Gasteiger partial charge is 0.107 e. The van der Waals surface area contributed by atoms with Crippen LogP contribution in [0.15, 0.2) is 36.5 Å². The summed E-state index contributed by atoms with van der Waals surface area (Å²) < 4.78 is 0. The monoisotopic (exact) mass is 258 g/mol. The average Bonchev–Trinajstić information content (AvgIpc) is 2.95. The Labute approximate surface area is 117 Å². The van der Waals surface area contributed by atoms with Gasteiger partial charge in [0.05, 0.1) is 0 Å². The number of rotatable bonds is 2. The van der Waals surface area contributed by atoms with Gasteiger partial charge in [-0.15, -0.1) is 0 Å². The molecule has 0 amide bonds. The van der Waals surface area contributed by atoms with Crippen LogP contribution in [0.1, 0.15) is 40.0 Å². The highest BCUT2D eigenvalue weighted by Gasteiger charge is 2.61. The van der Waals surface area contributed by atoms with E-state index in [1.807, 2.05) is 6.08 Å². The van der Waals surface area contributed by atoms with Crippen LogP contribution in [0.2, 0.25) is 0 Å². The van der Waals surface area contributed by atoms with E-state index in [-0.39, 0.29) is 5.92 Å². The minimum Gasteiger partial charge on any atom is -0.381 e. The zero-order valence-corrected chi connectivity index (χ0v) is 12.4. The van der Waals surface area contributed by atoms with E-state index in [1.54, 1.807) is 6.08 Å². The summed E-state index contributed by atoms with van der Waals surface area (Å²) in [6.07, 6.45) is 11.5. The van der Waals surface area contributed by atoms with E-state index in [0.29, 0.717) is 11.3 Å². The summed E-state index contributed by atoms with van der Waals surface area (Å²) in [6.45, 7) is 11.0. The van der Waals surface area contributed by atoms with Crippen molar-refractivity contribution < 1.29 is 5.11 Å². The Kier molecular flexibility index (Phi) is 2.83. The molecule has 0 aromatic carbocycles. The first-order valence-corrected chi connectivity index (χ1v) is 7.65. The molecule has 1 fully saturated rings. The van der Waals surface area contributed by atoms with E-state index in [2.05, 4.69) is 39.5 Å². The zero-order valence-electron chi connectivity index (χ0n) is 12.4. The Hall–Kier alpha value is -0.820. The molecule has 0 spiro atoms. The van der Waals surface area contributed by atoms with Gasteiger partial charge in [-0.25, -0.2) is 0 Å². The van der Waals surface area contributed by atoms with Gasteiger partial charge in [0.2, 0.25) is 0 Å². The molecule has 1 heteroatoms. The van der Waals surface area contributed by atoms with Gasteiger partial charge in [0.1, 0.15) is 5.60 Å². The summed E-state index contributed by atoms with van der Waals surface area (Å²) in [5.41, 5.74) is 1.15. The number of hydrogen-bond donors (Lipinski definition) is 1. The van der Waals surface area contributed by atoms with Crippen molar-refractivity contribution in [1.29, 1.82) is 0 Å². The first kappa shape index (κ1) is 13.2. The van der Waals surface area contributed by atoms with Gasteiger partial charge in [-0.1, -0.05) is 57.2 Å². The van der Waals surface area contributed by atoms with E-state index in [0.717, 1.165) is 24.7 Å². The Morgan fingerprint density at radius 2 is 2.16 bits per heavy atom. The molecule has 0 saturated heterocycles. The van der Waals surface area contributed by atoms with Crippen molar-refractivity contribution in [3.8, 4) is 0 Å². The van der Waals surface area contributed by atoms with Crippen LogP contribution in [0.4, 0.5) is 0 Å². The summed E-state index contributed by atoms with van der Waals surface area (Å²) in [7, 11) is 0. The predicted octanol–water partition coefficient (Wildman–Crippen LogP) is 4.11. The van der Waals surface area contributed by atoms with Gasteiger partial charge in [0.25, 0.3) is 0 Å². The number of hydrogen-bond acceptors (Lipinski definition) is 1. The van der Waals surface area contributed by atoms with Gasteiger partial charge in [0, 0.05) is 5.92 Å². The summed E-state index contributed by atoms with van der Waals surface area (Å²) in [5.74, 6) is 2.52. The van der Waals surface area contributed by atoms with Crippen LogP contribution in [0.25, 0.3) is 0 Å². The van der Waals surface area contributed by atoms with Gasteiger partial charge >= 0.3 is 0 Å². The molecule has 3 aliphatic rings. The SMILES string of the molecule is C=C[C@@]1(O)C=CCC[C@H]1C1=CC[C@@H]2[C@H]([C@@H]1C)C2(C)C. The van der Waals surface area contributed by atoms with Crippen molar-refractivity contribution >= 4 is 0 Å². The van der Waals surface area contributed by atoms with Gasteiger partial charge in [-0.2, -0.15) is 0 Å². The van der Waals surface area contributed by atoms with E-state index in [1.165, 1.54) is 12.0 Å². The molecule has 1 N–H and O–H groups in total. The fourth-order valence-electron chi connectivity index (χ4n) is 4.87. The Bertz CT molecular complexity index is 456. The molecule has 3 rings (SSSR count). The van der Waals surface area contributed by atoms with E-state index in [9.17, 15) is 5.11 Å². The lowest BCUT2D eigenvalue weighted by molar-refractivity contribution is 0.0755. The topological polar surface area (TPSA) is 20.2 Å². The summed E-state index contributed by atoms with van der Waals surface area (Å²) in [6, 6.07) is 0. The second kappa shape index (κ2) is 4.09. The Balaban J connectivity index is 1.89. The molecule has 0 aromatic rings. The number of allylic oxidation sites excluding steroid dienone is 2. The van der Waals surface area contributed by atoms with Crippen molar-refractivity contribution in [2.24, 2.45) is 29.1 Å². The summed E-state index contributed by atoms with van der Waals surface area (Å²) in [4.78, 5) is 0. The summed E-state index contributed by atoms with van der Waals surface area (Å²) in [5, 5.41) is 10.8. The van der Waals surface area contributed by atoms with Gasteiger partial charge in [-0.05, 0) is 42.4 Å². The van der Waals surface area contributed by atoms with Crippen LogP contribution in [0.5, 0.6) is 0 Å². The summed E-state index contributed by atoms with van der Waals surface area (Å²) >= 11 is 0. The quantitative estimate of drug-likeness (QED) is 0.739. The predicted molar refractivity (Wildman–Crippen MR) is 79.6 cm³/mol. The molecule has 104 valence electrons. The van der Waals surface area contributed by atoms with Crippen molar-refractivity contribution in [1.82, 2.24) is 0 Å². The van der Waals surface area contributed by atoms with Crippen LogP contribution in [-0.4, -0.2) is 10.7 Å². The molecular weight excluding hydrogens is 232 g/mol. The normalized spacial score (nSPS) is 47.3. The largest absolute Gasteiger partial charge is 0.381 e. The van der Waals surface area contributed by atoms with Crippen molar-refractivity contribution in [2.75, 3.05) is 0 Å². The number of aliphatic hydroxyl groups is 1. The maximum Gasteiger partial charge on any atom is 0.107 e. The molecule has 0 aromatic heterocycles. The second-order valence-corrected chi connectivity index (χ2v) is 7.31. The minimum absolute atomic E-state index is 0.238. The Morgan fingerprint density at radius 3 is 2.84 bits per heavy atom. The minimum atomic E-state index is -0.829. The third-order valence-corrected chi connectivity index (χ3v) is 6.11. The highest BCUT2D eigenvalue weighted by molar-refractivity contribution is 5.32. The van der Waals surface area contributed by atoms with E-state index < -0.39 is 5.60 Å². The first-order chi connectivity index (χ1) is 8.92. The lowest BCUT2D eigenvalue weighted by atomic mass is 9.69. The van der Waals surface area contributed by atoms with Gasteiger partial charge in [-0.3, -0.25) is 0 Å². The molecular formula is C18H26O. The fraction of sp³-hybridized carbons (Fsp3) is 0.667. The van der Waals surface area contributed by atoms with Crippen molar-refractivity contribution in [2.45, 2.75) is 45.6 Å². The van der Waals surface area contributed by atoms with Crippen molar-refractivity contribution in [3.63, 3.8) is 0 Å². The zero-order chi connectivity index (χ0) is 13.8. The standard InChI is InChI=1S/C18H26O/c1-5-18(19)11-7-6-8-14(18)13-9-10-15-16(12(13)2)17(15,3)4/h5,7,9,11-12,14-16,19H,1,6,8,10H2,2-4H3/t12-,14+,15-,16+,18-/m1/s1. The fourth-order valence-corrected chi connectivity index (χ4v) is 4.87. The van der Waals surface area contributed by atoms with Crippen LogP contribution in [-0.2, 0) is 0 Å². The third-order valence-electron chi connectivity index (χ3n) is 6.11. The highest BCUT2D eigenvalue weighted by Crippen LogP contribution is 2.67. The molecule has 5 atom stereocenters. The molecule has 1 saturated carbocycles. The first-order valence-electron chi connectivity index (χ1n) is 7.65. The van der Waals surface area contributed by atoms with Gasteiger partial charge in [0.15, 0.2) is 0 Å². The molecule has 19 heavy (non-hydrogen) atoms. The second-order valence-electron chi connectivity index (χ2n) is 7.31. The lowest BCUT2D eigenvalue weighted by Gasteiger charge is -2.39. The van der Waals surface area contributed by atoms with Gasteiger partial charge < -0.3 is 5.11 Å². The maximum absolute atomic E-state index is 10.8. The molecule has 3 aliphatic carbocycles. The van der Waals surface area contributed by atoms with E-state index >= 15 is 0 Å². The van der Waals surface area contributed by atoms with Crippen LogP contribution >= 0.6 is 0 Å². The molecule has 0 radical (unpaired) electrons. The molecule has 0 heterocycles. The highest BCUT2D eigenvalue weighted by atomic mass is 16.3. The molecule has 0 bridgehead atoms. The van der Waals surface area contributed by atoms with Crippen LogP contribution in [0.3, 0.4) is 0 Å². The lowest BCUT2D eigenvalue weighted by Crippen LogP contribution is -2.39. The Morgan fingerprint density at radius 1 is 1.42 bits per heavy atom.